The van der Waals surface area contributed by atoms with Crippen LogP contribution in [0.3, 0.4) is 0 Å². The SMILES string of the molecule is CC1CNc2cc(S(=O)(=O)NCc3ccccc3)ccc2O1. The van der Waals surface area contributed by atoms with Crippen molar-refractivity contribution in [3.8, 4) is 5.75 Å². The number of hydrogen-bond donors (Lipinski definition) is 2. The highest BCUT2D eigenvalue weighted by molar-refractivity contribution is 7.89. The first-order valence-corrected chi connectivity index (χ1v) is 8.61. The molecule has 2 N–H and O–H groups in total. The van der Waals surface area contributed by atoms with Crippen LogP contribution < -0.4 is 14.8 Å². The molecule has 1 aliphatic heterocycles. The lowest BCUT2D eigenvalue weighted by Crippen LogP contribution is -2.28. The van der Waals surface area contributed by atoms with Crippen molar-refractivity contribution in [1.29, 1.82) is 0 Å². The van der Waals surface area contributed by atoms with Crippen molar-refractivity contribution in [3.05, 3.63) is 54.1 Å². The van der Waals surface area contributed by atoms with Gasteiger partial charge in [0.25, 0.3) is 0 Å². The molecule has 0 aromatic heterocycles. The standard InChI is InChI=1S/C16H18N2O3S/c1-12-10-17-15-9-14(7-8-16(15)21-12)22(19,20)18-11-13-5-3-2-4-6-13/h2-9,12,17-18H,10-11H2,1H3. The van der Waals surface area contributed by atoms with Crippen LogP contribution in [0.2, 0.25) is 0 Å². The number of sulfonamides is 1. The summed E-state index contributed by atoms with van der Waals surface area (Å²) in [6.07, 6.45) is 0.0752. The zero-order valence-electron chi connectivity index (χ0n) is 12.2. The summed E-state index contributed by atoms with van der Waals surface area (Å²) in [6.45, 7) is 2.89. The molecule has 0 spiro atoms. The van der Waals surface area contributed by atoms with Gasteiger partial charge in [-0.3, -0.25) is 0 Å². The van der Waals surface area contributed by atoms with E-state index in [0.29, 0.717) is 18.0 Å². The second-order valence-electron chi connectivity index (χ2n) is 5.28. The Hall–Kier alpha value is -2.05. The third-order valence-electron chi connectivity index (χ3n) is 3.48. The molecule has 1 heterocycles. The zero-order chi connectivity index (χ0) is 15.6. The third-order valence-corrected chi connectivity index (χ3v) is 4.88. The van der Waals surface area contributed by atoms with Crippen molar-refractivity contribution in [2.45, 2.75) is 24.5 Å². The Bertz CT molecular complexity index is 760. The molecule has 1 aliphatic rings. The van der Waals surface area contributed by atoms with Crippen LogP contribution in [0.4, 0.5) is 5.69 Å². The van der Waals surface area contributed by atoms with Crippen LogP contribution in [-0.4, -0.2) is 21.1 Å². The predicted molar refractivity (Wildman–Crippen MR) is 85.5 cm³/mol. The number of nitrogens with one attached hydrogen (secondary N) is 2. The number of benzene rings is 2. The molecule has 3 rings (SSSR count). The van der Waals surface area contributed by atoms with E-state index in [1.54, 1.807) is 18.2 Å². The van der Waals surface area contributed by atoms with Crippen LogP contribution in [0.1, 0.15) is 12.5 Å². The van der Waals surface area contributed by atoms with Gasteiger partial charge in [0.2, 0.25) is 10.0 Å². The van der Waals surface area contributed by atoms with E-state index in [1.165, 1.54) is 0 Å². The van der Waals surface area contributed by atoms with E-state index in [4.69, 9.17) is 4.74 Å². The lowest BCUT2D eigenvalue weighted by atomic mass is 10.2. The maximum atomic E-state index is 12.4. The molecule has 0 fully saturated rings. The van der Waals surface area contributed by atoms with Crippen LogP contribution in [0.15, 0.2) is 53.4 Å². The minimum absolute atomic E-state index is 0.0752. The Kier molecular flexibility index (Phi) is 4.04. The van der Waals surface area contributed by atoms with E-state index in [2.05, 4.69) is 10.0 Å². The van der Waals surface area contributed by atoms with E-state index in [0.717, 1.165) is 5.56 Å². The van der Waals surface area contributed by atoms with Gasteiger partial charge >= 0.3 is 0 Å². The molecule has 0 saturated carbocycles. The highest BCUT2D eigenvalue weighted by Gasteiger charge is 2.20. The van der Waals surface area contributed by atoms with Gasteiger partial charge in [0, 0.05) is 6.54 Å². The van der Waals surface area contributed by atoms with Crippen molar-refractivity contribution in [1.82, 2.24) is 4.72 Å². The minimum Gasteiger partial charge on any atom is -0.487 e. The zero-order valence-corrected chi connectivity index (χ0v) is 13.1. The average molecular weight is 318 g/mol. The van der Waals surface area contributed by atoms with Crippen molar-refractivity contribution in [2.24, 2.45) is 0 Å². The smallest absolute Gasteiger partial charge is 0.240 e. The fraction of sp³-hybridized carbons (Fsp3) is 0.250. The number of fused-ring (bicyclic) bond motifs is 1. The summed E-state index contributed by atoms with van der Waals surface area (Å²) in [6, 6.07) is 14.3. The Morgan fingerprint density at radius 3 is 2.77 bits per heavy atom. The third kappa shape index (κ3) is 3.23. The first-order valence-electron chi connectivity index (χ1n) is 7.13. The summed E-state index contributed by atoms with van der Waals surface area (Å²) in [5, 5.41) is 3.18. The van der Waals surface area contributed by atoms with E-state index in [9.17, 15) is 8.42 Å². The maximum Gasteiger partial charge on any atom is 0.240 e. The summed E-state index contributed by atoms with van der Waals surface area (Å²) >= 11 is 0. The topological polar surface area (TPSA) is 67.4 Å². The van der Waals surface area contributed by atoms with Gasteiger partial charge in [0.15, 0.2) is 0 Å². The summed E-state index contributed by atoms with van der Waals surface area (Å²) in [7, 11) is -3.55. The molecule has 0 saturated heterocycles. The van der Waals surface area contributed by atoms with Crippen molar-refractivity contribution in [3.63, 3.8) is 0 Å². The van der Waals surface area contributed by atoms with Gasteiger partial charge in [-0.25, -0.2) is 13.1 Å². The van der Waals surface area contributed by atoms with E-state index in [-0.39, 0.29) is 17.5 Å². The highest BCUT2D eigenvalue weighted by Crippen LogP contribution is 2.31. The van der Waals surface area contributed by atoms with Gasteiger partial charge in [-0.15, -0.1) is 0 Å². The van der Waals surface area contributed by atoms with Gasteiger partial charge < -0.3 is 10.1 Å². The second kappa shape index (κ2) is 5.98. The number of anilines is 1. The Morgan fingerprint density at radius 2 is 2.00 bits per heavy atom. The average Bonchev–Trinajstić information content (AvgIpc) is 2.53. The van der Waals surface area contributed by atoms with Crippen LogP contribution in [0.25, 0.3) is 0 Å². The van der Waals surface area contributed by atoms with E-state index < -0.39 is 10.0 Å². The molecule has 0 radical (unpaired) electrons. The molecule has 2 aromatic carbocycles. The molecular weight excluding hydrogens is 300 g/mol. The van der Waals surface area contributed by atoms with Crippen LogP contribution >= 0.6 is 0 Å². The van der Waals surface area contributed by atoms with Gasteiger partial charge in [0.1, 0.15) is 11.9 Å². The summed E-state index contributed by atoms with van der Waals surface area (Å²) in [5.41, 5.74) is 1.63. The molecule has 6 heteroatoms. The summed E-state index contributed by atoms with van der Waals surface area (Å²) in [4.78, 5) is 0.229. The lowest BCUT2D eigenvalue weighted by Gasteiger charge is -2.25. The number of ether oxygens (including phenoxy) is 1. The number of hydrogen-bond acceptors (Lipinski definition) is 4. The lowest BCUT2D eigenvalue weighted by molar-refractivity contribution is 0.226. The van der Waals surface area contributed by atoms with Gasteiger partial charge in [-0.1, -0.05) is 30.3 Å². The Labute approximate surface area is 130 Å². The normalized spacial score (nSPS) is 17.2. The first-order chi connectivity index (χ1) is 10.5. The van der Waals surface area contributed by atoms with Crippen LogP contribution in [0.5, 0.6) is 5.75 Å². The van der Waals surface area contributed by atoms with Crippen molar-refractivity contribution < 1.29 is 13.2 Å². The van der Waals surface area contributed by atoms with E-state index in [1.807, 2.05) is 37.3 Å². The molecule has 1 atom stereocenters. The molecule has 22 heavy (non-hydrogen) atoms. The molecular formula is C16H18N2O3S. The first kappa shape index (κ1) is 14.9. The molecule has 1 unspecified atom stereocenters. The molecule has 0 aliphatic carbocycles. The minimum atomic E-state index is -3.55. The molecule has 0 amide bonds. The summed E-state index contributed by atoms with van der Waals surface area (Å²) in [5.74, 6) is 0.681. The van der Waals surface area contributed by atoms with Crippen molar-refractivity contribution >= 4 is 15.7 Å². The maximum absolute atomic E-state index is 12.4. The predicted octanol–water partition coefficient (Wildman–Crippen LogP) is 2.36. The Balaban J connectivity index is 1.78. The van der Waals surface area contributed by atoms with E-state index >= 15 is 0 Å². The quantitative estimate of drug-likeness (QED) is 0.908. The second-order valence-corrected chi connectivity index (χ2v) is 7.04. The molecule has 2 aromatic rings. The van der Waals surface area contributed by atoms with Gasteiger partial charge in [-0.05, 0) is 30.7 Å². The monoisotopic (exact) mass is 318 g/mol. The van der Waals surface area contributed by atoms with Gasteiger partial charge in [-0.2, -0.15) is 0 Å². The largest absolute Gasteiger partial charge is 0.487 e. The fourth-order valence-corrected chi connectivity index (χ4v) is 3.33. The molecule has 116 valence electrons. The van der Waals surface area contributed by atoms with Crippen molar-refractivity contribution in [2.75, 3.05) is 11.9 Å². The van der Waals surface area contributed by atoms with Gasteiger partial charge in [0.05, 0.1) is 17.1 Å². The highest BCUT2D eigenvalue weighted by atomic mass is 32.2. The Morgan fingerprint density at radius 1 is 1.23 bits per heavy atom. The van der Waals surface area contributed by atoms with Crippen LogP contribution in [-0.2, 0) is 16.6 Å². The fourth-order valence-electron chi connectivity index (χ4n) is 2.29. The molecule has 0 bridgehead atoms. The van der Waals surface area contributed by atoms with Crippen LogP contribution in [0, 0.1) is 0 Å². The number of rotatable bonds is 4. The summed E-state index contributed by atoms with van der Waals surface area (Å²) < 4.78 is 33.0. The molecule has 5 nitrogen and oxygen atoms in total.